The van der Waals surface area contributed by atoms with Crippen molar-refractivity contribution in [3.05, 3.63) is 12.2 Å². The number of hydrogen-bond acceptors (Lipinski definition) is 5. The highest BCUT2D eigenvalue weighted by Crippen LogP contribution is 2.22. The number of carbonyl (C=O) groups excluding carboxylic acids is 1. The van der Waals surface area contributed by atoms with Gasteiger partial charge in [0.2, 0.25) is 0 Å². The second-order valence-electron chi connectivity index (χ2n) is 4.96. The van der Waals surface area contributed by atoms with Crippen LogP contribution in [0.2, 0.25) is 0 Å². The maximum Gasteiger partial charge on any atom is 0.368 e. The molecule has 110 valence electrons. The highest BCUT2D eigenvalue weighted by molar-refractivity contribution is 5.86. The van der Waals surface area contributed by atoms with Gasteiger partial charge in [0.25, 0.3) is 0 Å². The van der Waals surface area contributed by atoms with E-state index in [2.05, 4.69) is 20.4 Å². The molecule has 0 saturated carbocycles. The first-order valence-electron chi connectivity index (χ1n) is 6.81. The van der Waals surface area contributed by atoms with Gasteiger partial charge in [-0.2, -0.15) is 4.89 Å². The standard InChI is InChI=1S/C14H24O5/c1-5-6-11(4)12(9-13-16-7-8-17-13)18-19-14(15)10(2)3/h11-13H,2,5-9H2,1,3-4H3. The van der Waals surface area contributed by atoms with Crippen LogP contribution >= 0.6 is 0 Å². The van der Waals surface area contributed by atoms with E-state index in [0.29, 0.717) is 25.2 Å². The molecule has 19 heavy (non-hydrogen) atoms. The SMILES string of the molecule is C=C(C)C(=O)OOC(CC1OCCO1)C(C)CCC. The Hall–Kier alpha value is -0.910. The van der Waals surface area contributed by atoms with Crippen LogP contribution in [-0.4, -0.2) is 31.6 Å². The second-order valence-corrected chi connectivity index (χ2v) is 4.96. The molecule has 0 aliphatic carbocycles. The van der Waals surface area contributed by atoms with Gasteiger partial charge in [-0.05, 0) is 19.3 Å². The Labute approximate surface area is 114 Å². The molecule has 0 aromatic carbocycles. The summed E-state index contributed by atoms with van der Waals surface area (Å²) in [6, 6.07) is 0. The summed E-state index contributed by atoms with van der Waals surface area (Å²) >= 11 is 0. The molecule has 0 amide bonds. The molecule has 1 saturated heterocycles. The molecule has 5 nitrogen and oxygen atoms in total. The predicted molar refractivity (Wildman–Crippen MR) is 70.2 cm³/mol. The Morgan fingerprint density at radius 1 is 1.42 bits per heavy atom. The summed E-state index contributed by atoms with van der Waals surface area (Å²) in [5, 5.41) is 0. The summed E-state index contributed by atoms with van der Waals surface area (Å²) in [6.45, 7) is 10.5. The Balaban J connectivity index is 2.47. The molecule has 0 radical (unpaired) electrons. The topological polar surface area (TPSA) is 54.0 Å². The molecule has 0 aromatic heterocycles. The van der Waals surface area contributed by atoms with Gasteiger partial charge in [0.15, 0.2) is 6.29 Å². The fourth-order valence-corrected chi connectivity index (χ4v) is 1.92. The molecule has 5 heteroatoms. The number of rotatable bonds is 8. The van der Waals surface area contributed by atoms with Crippen molar-refractivity contribution in [1.29, 1.82) is 0 Å². The summed E-state index contributed by atoms with van der Waals surface area (Å²) in [4.78, 5) is 21.4. The third kappa shape index (κ3) is 5.72. The maximum absolute atomic E-state index is 11.4. The lowest BCUT2D eigenvalue weighted by atomic mass is 9.97. The maximum atomic E-state index is 11.4. The van der Waals surface area contributed by atoms with Crippen LogP contribution in [0.3, 0.4) is 0 Å². The molecule has 0 bridgehead atoms. The smallest absolute Gasteiger partial charge is 0.350 e. The Morgan fingerprint density at radius 2 is 2.05 bits per heavy atom. The van der Waals surface area contributed by atoms with Gasteiger partial charge >= 0.3 is 5.97 Å². The van der Waals surface area contributed by atoms with E-state index in [1.165, 1.54) is 0 Å². The summed E-state index contributed by atoms with van der Waals surface area (Å²) in [7, 11) is 0. The van der Waals surface area contributed by atoms with Crippen molar-refractivity contribution in [2.24, 2.45) is 5.92 Å². The van der Waals surface area contributed by atoms with Crippen LogP contribution in [0.1, 0.15) is 40.0 Å². The minimum atomic E-state index is -0.540. The van der Waals surface area contributed by atoms with Crippen LogP contribution in [0.25, 0.3) is 0 Å². The van der Waals surface area contributed by atoms with Crippen LogP contribution in [0.4, 0.5) is 0 Å². The number of ether oxygens (including phenoxy) is 2. The van der Waals surface area contributed by atoms with Crippen molar-refractivity contribution in [2.75, 3.05) is 13.2 Å². The van der Waals surface area contributed by atoms with Gasteiger partial charge in [-0.15, -0.1) is 0 Å². The molecular weight excluding hydrogens is 248 g/mol. The third-order valence-electron chi connectivity index (χ3n) is 3.09. The van der Waals surface area contributed by atoms with E-state index in [1.807, 2.05) is 0 Å². The lowest BCUT2D eigenvalue weighted by molar-refractivity contribution is -0.310. The largest absolute Gasteiger partial charge is 0.368 e. The molecule has 1 aliphatic heterocycles. The fourth-order valence-electron chi connectivity index (χ4n) is 1.92. The number of hydrogen-bond donors (Lipinski definition) is 0. The van der Waals surface area contributed by atoms with Crippen molar-refractivity contribution in [3.8, 4) is 0 Å². The molecule has 1 fully saturated rings. The fraction of sp³-hybridized carbons (Fsp3) is 0.786. The predicted octanol–water partition coefficient (Wildman–Crippen LogP) is 2.61. The average molecular weight is 272 g/mol. The van der Waals surface area contributed by atoms with Gasteiger partial charge in [0, 0.05) is 12.0 Å². The van der Waals surface area contributed by atoms with Crippen molar-refractivity contribution in [2.45, 2.75) is 52.4 Å². The van der Waals surface area contributed by atoms with E-state index in [0.717, 1.165) is 12.8 Å². The van der Waals surface area contributed by atoms with E-state index in [4.69, 9.17) is 19.2 Å². The molecule has 1 rings (SSSR count). The molecule has 0 aromatic rings. The van der Waals surface area contributed by atoms with Crippen LogP contribution in [0.15, 0.2) is 12.2 Å². The first kappa shape index (κ1) is 16.1. The van der Waals surface area contributed by atoms with Crippen molar-refractivity contribution < 1.29 is 24.0 Å². The van der Waals surface area contributed by atoms with Gasteiger partial charge in [-0.25, -0.2) is 4.79 Å². The summed E-state index contributed by atoms with van der Waals surface area (Å²) in [5.74, 6) is -0.280. The van der Waals surface area contributed by atoms with Crippen LogP contribution in [0, 0.1) is 5.92 Å². The number of carbonyl (C=O) groups is 1. The first-order chi connectivity index (χ1) is 9.04. The van der Waals surface area contributed by atoms with Crippen LogP contribution in [-0.2, 0) is 24.0 Å². The van der Waals surface area contributed by atoms with E-state index in [9.17, 15) is 4.79 Å². The second kappa shape index (κ2) is 8.30. The van der Waals surface area contributed by atoms with Crippen molar-refractivity contribution in [1.82, 2.24) is 0 Å². The molecule has 1 aliphatic rings. The molecule has 0 spiro atoms. The molecule has 2 unspecified atom stereocenters. The zero-order valence-electron chi connectivity index (χ0n) is 12.0. The first-order valence-corrected chi connectivity index (χ1v) is 6.81. The minimum absolute atomic E-state index is 0.230. The highest BCUT2D eigenvalue weighted by Gasteiger charge is 2.27. The molecular formula is C14H24O5. The average Bonchev–Trinajstić information content (AvgIpc) is 2.86. The van der Waals surface area contributed by atoms with E-state index >= 15 is 0 Å². The van der Waals surface area contributed by atoms with Crippen LogP contribution in [0.5, 0.6) is 0 Å². The molecule has 0 N–H and O–H groups in total. The van der Waals surface area contributed by atoms with Crippen LogP contribution < -0.4 is 0 Å². The van der Waals surface area contributed by atoms with Crippen molar-refractivity contribution in [3.63, 3.8) is 0 Å². The third-order valence-corrected chi connectivity index (χ3v) is 3.09. The van der Waals surface area contributed by atoms with Gasteiger partial charge < -0.3 is 9.47 Å². The van der Waals surface area contributed by atoms with Gasteiger partial charge in [0.05, 0.1) is 13.2 Å². The summed E-state index contributed by atoms with van der Waals surface area (Å²) in [5.41, 5.74) is 0.315. The zero-order valence-corrected chi connectivity index (χ0v) is 12.0. The monoisotopic (exact) mass is 272 g/mol. The van der Waals surface area contributed by atoms with Gasteiger partial charge in [-0.1, -0.05) is 26.8 Å². The van der Waals surface area contributed by atoms with Gasteiger partial charge in [0.1, 0.15) is 6.10 Å². The Bertz CT molecular complexity index is 296. The quantitative estimate of drug-likeness (QED) is 0.386. The van der Waals surface area contributed by atoms with Crippen molar-refractivity contribution >= 4 is 5.97 Å². The molecule has 1 heterocycles. The summed E-state index contributed by atoms with van der Waals surface area (Å²) < 4.78 is 10.8. The highest BCUT2D eigenvalue weighted by atomic mass is 17.2. The van der Waals surface area contributed by atoms with E-state index < -0.39 is 5.97 Å². The zero-order chi connectivity index (χ0) is 14.3. The summed E-state index contributed by atoms with van der Waals surface area (Å²) in [6.07, 6.45) is 2.09. The molecule has 2 atom stereocenters. The van der Waals surface area contributed by atoms with Gasteiger partial charge in [-0.3, -0.25) is 4.89 Å². The lowest BCUT2D eigenvalue weighted by Crippen LogP contribution is -2.29. The normalized spacial score (nSPS) is 19.1. The van der Waals surface area contributed by atoms with E-state index in [-0.39, 0.29) is 18.3 Å². The minimum Gasteiger partial charge on any atom is -0.350 e. The lowest BCUT2D eigenvalue weighted by Gasteiger charge is -2.24. The Morgan fingerprint density at radius 3 is 2.58 bits per heavy atom. The van der Waals surface area contributed by atoms with E-state index in [1.54, 1.807) is 6.92 Å². The Kier molecular flexibility index (Phi) is 7.05.